The van der Waals surface area contributed by atoms with Gasteiger partial charge in [0.05, 0.1) is 6.61 Å². The summed E-state index contributed by atoms with van der Waals surface area (Å²) in [7, 11) is 0. The molecule has 0 radical (unpaired) electrons. The topological polar surface area (TPSA) is 35.2 Å². The van der Waals surface area contributed by atoms with Crippen LogP contribution in [0.4, 0.5) is 8.78 Å². The van der Waals surface area contributed by atoms with Crippen LogP contribution in [-0.2, 0) is 11.4 Å². The summed E-state index contributed by atoms with van der Waals surface area (Å²) < 4.78 is 25.5. The predicted molar refractivity (Wildman–Crippen MR) is 40.1 cm³/mol. The van der Waals surface area contributed by atoms with E-state index in [4.69, 9.17) is 5.90 Å². The SMILES string of the molecule is Cc1cc(CON)c(F)cc1F. The monoisotopic (exact) mass is 173 g/mol. The molecule has 0 unspecified atom stereocenters. The minimum atomic E-state index is -0.636. The van der Waals surface area contributed by atoms with Gasteiger partial charge in [-0.05, 0) is 18.6 Å². The Hall–Kier alpha value is -1.00. The van der Waals surface area contributed by atoms with E-state index in [0.29, 0.717) is 5.56 Å². The Morgan fingerprint density at radius 2 is 2.00 bits per heavy atom. The maximum Gasteiger partial charge on any atom is 0.131 e. The Labute approximate surface area is 68.9 Å². The van der Waals surface area contributed by atoms with Gasteiger partial charge in [0.1, 0.15) is 11.6 Å². The van der Waals surface area contributed by atoms with Crippen LogP contribution in [0.15, 0.2) is 12.1 Å². The summed E-state index contributed by atoms with van der Waals surface area (Å²) in [5, 5.41) is 0. The Kier molecular flexibility index (Phi) is 2.73. The molecule has 1 aromatic carbocycles. The van der Waals surface area contributed by atoms with Crippen molar-refractivity contribution in [3.05, 3.63) is 34.9 Å². The fraction of sp³-hybridized carbons (Fsp3) is 0.250. The Balaban J connectivity index is 3.05. The van der Waals surface area contributed by atoms with Crippen LogP contribution >= 0.6 is 0 Å². The van der Waals surface area contributed by atoms with E-state index in [2.05, 4.69) is 4.84 Å². The third kappa shape index (κ3) is 1.78. The zero-order valence-corrected chi connectivity index (χ0v) is 6.60. The van der Waals surface area contributed by atoms with Gasteiger partial charge in [0, 0.05) is 11.6 Å². The smallest absolute Gasteiger partial charge is 0.131 e. The average molecular weight is 173 g/mol. The maximum atomic E-state index is 12.8. The Morgan fingerprint density at radius 1 is 1.33 bits per heavy atom. The van der Waals surface area contributed by atoms with Crippen molar-refractivity contribution in [3.63, 3.8) is 0 Å². The molecular weight excluding hydrogens is 164 g/mol. The molecule has 0 saturated heterocycles. The lowest BCUT2D eigenvalue weighted by Crippen LogP contribution is -2.02. The van der Waals surface area contributed by atoms with Gasteiger partial charge in [-0.15, -0.1) is 0 Å². The summed E-state index contributed by atoms with van der Waals surface area (Å²) in [6.45, 7) is 1.50. The van der Waals surface area contributed by atoms with Crippen LogP contribution in [0.25, 0.3) is 0 Å². The third-order valence-corrected chi connectivity index (χ3v) is 1.57. The number of hydrogen-bond acceptors (Lipinski definition) is 2. The second-order valence-corrected chi connectivity index (χ2v) is 2.50. The van der Waals surface area contributed by atoms with E-state index in [1.807, 2.05) is 0 Å². The molecule has 0 aliphatic carbocycles. The van der Waals surface area contributed by atoms with Crippen LogP contribution in [0, 0.1) is 18.6 Å². The van der Waals surface area contributed by atoms with Crippen LogP contribution < -0.4 is 5.90 Å². The fourth-order valence-electron chi connectivity index (χ4n) is 0.917. The highest BCUT2D eigenvalue weighted by atomic mass is 19.1. The molecule has 0 amide bonds. The van der Waals surface area contributed by atoms with E-state index in [-0.39, 0.29) is 12.2 Å². The van der Waals surface area contributed by atoms with Gasteiger partial charge in [-0.1, -0.05) is 0 Å². The van der Waals surface area contributed by atoms with Crippen molar-refractivity contribution in [1.29, 1.82) is 0 Å². The van der Waals surface area contributed by atoms with E-state index in [1.54, 1.807) is 6.92 Å². The highest BCUT2D eigenvalue weighted by molar-refractivity contribution is 5.25. The lowest BCUT2D eigenvalue weighted by atomic mass is 10.1. The second-order valence-electron chi connectivity index (χ2n) is 2.50. The van der Waals surface area contributed by atoms with Crippen LogP contribution in [0.3, 0.4) is 0 Å². The van der Waals surface area contributed by atoms with Gasteiger partial charge in [0.15, 0.2) is 0 Å². The zero-order valence-electron chi connectivity index (χ0n) is 6.60. The van der Waals surface area contributed by atoms with E-state index in [0.717, 1.165) is 6.07 Å². The molecule has 2 nitrogen and oxygen atoms in total. The molecule has 0 aliphatic heterocycles. The minimum absolute atomic E-state index is 0.0487. The molecule has 0 spiro atoms. The quantitative estimate of drug-likeness (QED) is 0.690. The van der Waals surface area contributed by atoms with Gasteiger partial charge in [-0.3, -0.25) is 4.84 Å². The number of halogens is 2. The Bertz CT molecular complexity index is 289. The average Bonchev–Trinajstić information content (AvgIpc) is 2.01. The molecule has 0 fully saturated rings. The first-order chi connectivity index (χ1) is 5.65. The lowest BCUT2D eigenvalue weighted by molar-refractivity contribution is 0.121. The normalized spacial score (nSPS) is 10.3. The van der Waals surface area contributed by atoms with Crippen LogP contribution in [-0.4, -0.2) is 0 Å². The summed E-state index contributed by atoms with van der Waals surface area (Å²) in [6, 6.07) is 2.20. The number of aryl methyl sites for hydroxylation is 1. The zero-order chi connectivity index (χ0) is 9.14. The fourth-order valence-corrected chi connectivity index (χ4v) is 0.917. The maximum absolute atomic E-state index is 12.8. The summed E-state index contributed by atoms with van der Waals surface area (Å²) in [5.74, 6) is 3.56. The van der Waals surface area contributed by atoms with Gasteiger partial charge in [-0.25, -0.2) is 14.7 Å². The molecule has 1 aromatic rings. The molecule has 4 heteroatoms. The Morgan fingerprint density at radius 3 is 2.58 bits per heavy atom. The van der Waals surface area contributed by atoms with Crippen molar-refractivity contribution >= 4 is 0 Å². The molecule has 12 heavy (non-hydrogen) atoms. The highest BCUT2D eigenvalue weighted by Gasteiger charge is 2.06. The van der Waals surface area contributed by atoms with Crippen LogP contribution in [0.1, 0.15) is 11.1 Å². The molecular formula is C8H9F2NO. The molecule has 0 saturated carbocycles. The van der Waals surface area contributed by atoms with E-state index in [9.17, 15) is 8.78 Å². The standard InChI is InChI=1S/C8H9F2NO/c1-5-2-6(4-12-11)8(10)3-7(5)9/h2-3H,4,11H2,1H3. The molecule has 0 aliphatic rings. The first kappa shape index (κ1) is 9.09. The third-order valence-electron chi connectivity index (χ3n) is 1.57. The summed E-state index contributed by atoms with van der Waals surface area (Å²) in [5.41, 5.74) is 0.639. The number of hydrogen-bond donors (Lipinski definition) is 1. The molecule has 2 N–H and O–H groups in total. The first-order valence-electron chi connectivity index (χ1n) is 3.41. The van der Waals surface area contributed by atoms with Crippen LogP contribution in [0.2, 0.25) is 0 Å². The largest absolute Gasteiger partial charge is 0.300 e. The summed E-state index contributed by atoms with van der Waals surface area (Å²) in [6.07, 6.45) is 0. The van der Waals surface area contributed by atoms with Crippen LogP contribution in [0.5, 0.6) is 0 Å². The molecule has 0 aromatic heterocycles. The minimum Gasteiger partial charge on any atom is -0.300 e. The van der Waals surface area contributed by atoms with Crippen molar-refractivity contribution in [2.75, 3.05) is 0 Å². The summed E-state index contributed by atoms with van der Waals surface area (Å²) in [4.78, 5) is 4.24. The predicted octanol–water partition coefficient (Wildman–Crippen LogP) is 1.66. The molecule has 0 bridgehead atoms. The van der Waals surface area contributed by atoms with Gasteiger partial charge in [0.2, 0.25) is 0 Å². The number of nitrogens with two attached hydrogens (primary N) is 1. The van der Waals surface area contributed by atoms with Crippen molar-refractivity contribution in [3.8, 4) is 0 Å². The van der Waals surface area contributed by atoms with Gasteiger partial charge >= 0.3 is 0 Å². The van der Waals surface area contributed by atoms with E-state index in [1.165, 1.54) is 6.07 Å². The van der Waals surface area contributed by atoms with Crippen molar-refractivity contribution in [2.45, 2.75) is 13.5 Å². The lowest BCUT2D eigenvalue weighted by Gasteiger charge is -2.03. The van der Waals surface area contributed by atoms with Gasteiger partial charge in [0.25, 0.3) is 0 Å². The summed E-state index contributed by atoms with van der Waals surface area (Å²) >= 11 is 0. The molecule has 1 rings (SSSR count). The van der Waals surface area contributed by atoms with Gasteiger partial charge < -0.3 is 0 Å². The van der Waals surface area contributed by atoms with Crippen molar-refractivity contribution in [2.24, 2.45) is 5.90 Å². The van der Waals surface area contributed by atoms with Crippen molar-refractivity contribution in [1.82, 2.24) is 0 Å². The van der Waals surface area contributed by atoms with E-state index < -0.39 is 11.6 Å². The first-order valence-corrected chi connectivity index (χ1v) is 3.41. The second kappa shape index (κ2) is 3.60. The number of benzene rings is 1. The van der Waals surface area contributed by atoms with Gasteiger partial charge in [-0.2, -0.15) is 0 Å². The number of rotatable bonds is 2. The highest BCUT2D eigenvalue weighted by Crippen LogP contribution is 2.14. The van der Waals surface area contributed by atoms with Crippen molar-refractivity contribution < 1.29 is 13.6 Å². The van der Waals surface area contributed by atoms with E-state index >= 15 is 0 Å². The molecule has 0 atom stereocenters. The molecule has 66 valence electrons. The molecule has 0 heterocycles.